The molecule has 0 amide bonds. The molecule has 0 radical (unpaired) electrons. The summed E-state index contributed by atoms with van der Waals surface area (Å²) < 4.78 is 9.60. The molecule has 8 heteroatoms. The molecule has 2 aromatic carbocycles. The second-order valence-electron chi connectivity index (χ2n) is 11.2. The van der Waals surface area contributed by atoms with Crippen LogP contribution in [-0.2, 0) is 24.8 Å². The fourth-order valence-corrected chi connectivity index (χ4v) is 5.95. The van der Waals surface area contributed by atoms with Crippen molar-refractivity contribution in [2.24, 2.45) is 13.0 Å². The number of nitrogens with zero attached hydrogens (tertiary/aromatic N) is 6. The maximum Gasteiger partial charge on any atom is 0.311 e. The van der Waals surface area contributed by atoms with E-state index >= 15 is 0 Å². The highest BCUT2D eigenvalue weighted by Crippen LogP contribution is 2.31. The Morgan fingerprint density at radius 1 is 1.10 bits per heavy atom. The summed E-state index contributed by atoms with van der Waals surface area (Å²) in [5.74, 6) is 2.95. The fraction of sp³-hybridized carbons (Fsp3) is 0.516. The van der Waals surface area contributed by atoms with E-state index in [1.54, 1.807) is 4.68 Å². The van der Waals surface area contributed by atoms with Gasteiger partial charge in [0.15, 0.2) is 5.82 Å². The number of aryl methyl sites for hydroxylation is 4. The number of carbonyl (C=O) groups excluding carboxylic acids is 1. The zero-order chi connectivity index (χ0) is 27.5. The molecule has 1 saturated carbocycles. The van der Waals surface area contributed by atoms with E-state index in [0.717, 1.165) is 57.8 Å². The Morgan fingerprint density at radius 3 is 2.67 bits per heavy atom. The van der Waals surface area contributed by atoms with Gasteiger partial charge in [-0.05, 0) is 79.5 Å². The fourth-order valence-electron chi connectivity index (χ4n) is 5.95. The smallest absolute Gasteiger partial charge is 0.311 e. The second kappa shape index (κ2) is 11.7. The van der Waals surface area contributed by atoms with Gasteiger partial charge in [0.2, 0.25) is 0 Å². The predicted octanol–water partition coefficient (Wildman–Crippen LogP) is 6.15. The minimum atomic E-state index is -0.234. The van der Waals surface area contributed by atoms with Gasteiger partial charge in [-0.15, -0.1) is 5.10 Å². The van der Waals surface area contributed by atoms with Crippen LogP contribution in [0, 0.1) is 26.7 Å². The zero-order valence-corrected chi connectivity index (χ0v) is 23.9. The summed E-state index contributed by atoms with van der Waals surface area (Å²) >= 11 is 0. The molecule has 1 atom stereocenters. The first kappa shape index (κ1) is 27.0. The summed E-state index contributed by atoms with van der Waals surface area (Å²) in [5.41, 5.74) is 6.29. The summed E-state index contributed by atoms with van der Waals surface area (Å²) in [7, 11) is 1.89. The molecular weight excluding hydrogens is 488 g/mol. The Kier molecular flexibility index (Phi) is 8.10. The van der Waals surface area contributed by atoms with Crippen LogP contribution in [-0.4, -0.2) is 35.7 Å². The predicted molar refractivity (Wildman–Crippen MR) is 152 cm³/mol. The molecule has 0 aliphatic heterocycles. The summed E-state index contributed by atoms with van der Waals surface area (Å²) in [6.45, 7) is 8.86. The van der Waals surface area contributed by atoms with Gasteiger partial charge in [0.1, 0.15) is 17.1 Å². The third kappa shape index (κ3) is 6.05. The number of rotatable bonds is 9. The first-order valence-electron chi connectivity index (χ1n) is 14.3. The van der Waals surface area contributed by atoms with Crippen LogP contribution < -0.4 is 4.74 Å². The maximum absolute atomic E-state index is 13.1. The molecule has 0 N–H and O–H groups in total. The van der Waals surface area contributed by atoms with E-state index in [0.29, 0.717) is 24.6 Å². The number of hydrogen-bond acceptors (Lipinski definition) is 6. The lowest BCUT2D eigenvalue weighted by Crippen LogP contribution is -2.14. The zero-order valence-electron chi connectivity index (χ0n) is 23.9. The van der Waals surface area contributed by atoms with E-state index in [1.807, 2.05) is 42.9 Å². The van der Waals surface area contributed by atoms with Gasteiger partial charge in [0.25, 0.3) is 0 Å². The van der Waals surface area contributed by atoms with Gasteiger partial charge in [0.05, 0.1) is 18.5 Å². The standard InChI is InChI=1S/C31H40N6O2/c1-6-24(27-14-15-28-31(21(27)3)33-35-36(28)5)18-30(38)39-26-13-12-20(2)25(17-26)19-37-22(4)32-29(34-37)16-23-10-8-7-9-11-23/h12-15,17,23-24H,6-11,16,18-19H2,1-5H3. The lowest BCUT2D eigenvalue weighted by Gasteiger charge is -2.19. The van der Waals surface area contributed by atoms with Crippen LogP contribution in [0.3, 0.4) is 0 Å². The van der Waals surface area contributed by atoms with Crippen LogP contribution in [0.4, 0.5) is 0 Å². The highest BCUT2D eigenvalue weighted by Gasteiger charge is 2.21. The Balaban J connectivity index is 1.26. The summed E-state index contributed by atoms with van der Waals surface area (Å²) in [4.78, 5) is 17.8. The molecule has 1 aliphatic carbocycles. The molecule has 0 bridgehead atoms. The first-order chi connectivity index (χ1) is 18.8. The molecule has 8 nitrogen and oxygen atoms in total. The van der Waals surface area contributed by atoms with Crippen molar-refractivity contribution in [3.8, 4) is 5.75 Å². The molecule has 1 unspecified atom stereocenters. The third-order valence-corrected chi connectivity index (χ3v) is 8.39. The van der Waals surface area contributed by atoms with E-state index in [-0.39, 0.29) is 11.9 Å². The van der Waals surface area contributed by atoms with Gasteiger partial charge < -0.3 is 4.74 Å². The molecule has 206 valence electrons. The van der Waals surface area contributed by atoms with Crippen molar-refractivity contribution < 1.29 is 9.53 Å². The van der Waals surface area contributed by atoms with Crippen LogP contribution in [0.5, 0.6) is 5.75 Å². The number of benzene rings is 2. The molecular formula is C31H40N6O2. The van der Waals surface area contributed by atoms with Crippen molar-refractivity contribution in [2.45, 2.75) is 91.5 Å². The summed E-state index contributed by atoms with van der Waals surface area (Å²) in [6, 6.07) is 9.97. The van der Waals surface area contributed by atoms with E-state index < -0.39 is 0 Å². The molecule has 0 spiro atoms. The van der Waals surface area contributed by atoms with Crippen LogP contribution in [0.2, 0.25) is 0 Å². The number of fused-ring (bicyclic) bond motifs is 1. The van der Waals surface area contributed by atoms with Gasteiger partial charge in [-0.25, -0.2) is 14.3 Å². The first-order valence-corrected chi connectivity index (χ1v) is 14.3. The molecule has 1 fully saturated rings. The summed E-state index contributed by atoms with van der Waals surface area (Å²) in [6.07, 6.45) is 8.67. The second-order valence-corrected chi connectivity index (χ2v) is 11.2. The van der Waals surface area contributed by atoms with Crippen molar-refractivity contribution in [3.05, 3.63) is 64.2 Å². The number of carbonyl (C=O) groups is 1. The maximum atomic E-state index is 13.1. The Morgan fingerprint density at radius 2 is 1.90 bits per heavy atom. The lowest BCUT2D eigenvalue weighted by molar-refractivity contribution is -0.134. The van der Waals surface area contributed by atoms with Crippen molar-refractivity contribution in [2.75, 3.05) is 0 Å². The minimum Gasteiger partial charge on any atom is -0.427 e. The van der Waals surface area contributed by atoms with Gasteiger partial charge in [-0.1, -0.05) is 56.4 Å². The van der Waals surface area contributed by atoms with Crippen LogP contribution in [0.25, 0.3) is 11.0 Å². The van der Waals surface area contributed by atoms with Gasteiger partial charge in [-0.3, -0.25) is 4.79 Å². The van der Waals surface area contributed by atoms with Crippen molar-refractivity contribution in [1.82, 2.24) is 29.8 Å². The van der Waals surface area contributed by atoms with E-state index in [2.05, 4.69) is 37.1 Å². The average Bonchev–Trinajstić information content (AvgIpc) is 3.47. The summed E-state index contributed by atoms with van der Waals surface area (Å²) in [5, 5.41) is 13.3. The molecule has 2 aromatic heterocycles. The van der Waals surface area contributed by atoms with Gasteiger partial charge in [0, 0.05) is 13.5 Å². The Labute approximate surface area is 230 Å². The largest absolute Gasteiger partial charge is 0.427 e. The van der Waals surface area contributed by atoms with Crippen molar-refractivity contribution >= 4 is 17.0 Å². The minimum absolute atomic E-state index is 0.0502. The van der Waals surface area contributed by atoms with E-state index in [9.17, 15) is 4.79 Å². The number of hydrogen-bond donors (Lipinski definition) is 0. The van der Waals surface area contributed by atoms with Crippen molar-refractivity contribution in [1.29, 1.82) is 0 Å². The molecule has 0 saturated heterocycles. The average molecular weight is 529 g/mol. The molecule has 5 rings (SSSR count). The number of esters is 1. The monoisotopic (exact) mass is 528 g/mol. The molecule has 2 heterocycles. The Bertz CT molecular complexity index is 1460. The van der Waals surface area contributed by atoms with E-state index in [1.165, 1.54) is 32.1 Å². The molecule has 39 heavy (non-hydrogen) atoms. The Hall–Kier alpha value is -3.55. The van der Waals surface area contributed by atoms with Gasteiger partial charge in [-0.2, -0.15) is 5.10 Å². The lowest BCUT2D eigenvalue weighted by atomic mass is 9.87. The SMILES string of the molecule is CCC(CC(=O)Oc1ccc(C)c(Cn2nc(CC3CCCCC3)nc2C)c1)c1ccc2c(nnn2C)c1C. The van der Waals surface area contributed by atoms with Crippen molar-refractivity contribution in [3.63, 3.8) is 0 Å². The topological polar surface area (TPSA) is 87.7 Å². The van der Waals surface area contributed by atoms with Gasteiger partial charge >= 0.3 is 5.97 Å². The highest BCUT2D eigenvalue weighted by molar-refractivity contribution is 5.80. The third-order valence-electron chi connectivity index (χ3n) is 8.39. The van der Waals surface area contributed by atoms with E-state index in [4.69, 9.17) is 14.8 Å². The number of ether oxygens (including phenoxy) is 1. The number of aromatic nitrogens is 6. The molecule has 4 aromatic rings. The normalized spacial score (nSPS) is 15.1. The molecule has 1 aliphatic rings. The highest BCUT2D eigenvalue weighted by atomic mass is 16.5. The van der Waals surface area contributed by atoms with Crippen LogP contribution in [0.1, 0.15) is 91.7 Å². The van der Waals surface area contributed by atoms with Crippen LogP contribution in [0.15, 0.2) is 30.3 Å². The van der Waals surface area contributed by atoms with Crippen LogP contribution >= 0.6 is 0 Å². The quantitative estimate of drug-likeness (QED) is 0.191.